The van der Waals surface area contributed by atoms with Crippen molar-refractivity contribution < 1.29 is 18.4 Å². The van der Waals surface area contributed by atoms with E-state index in [-0.39, 0.29) is 29.9 Å². The number of piperidine rings is 2. The molecular weight excluding hydrogens is 390 g/mol. The van der Waals surface area contributed by atoms with E-state index in [9.17, 15) is 18.4 Å². The Morgan fingerprint density at radius 2 is 1.57 bits per heavy atom. The molecule has 3 rings (SSSR count). The summed E-state index contributed by atoms with van der Waals surface area (Å²) in [6.45, 7) is 6.44. The van der Waals surface area contributed by atoms with Crippen molar-refractivity contribution in [2.45, 2.75) is 51.6 Å². The summed E-state index contributed by atoms with van der Waals surface area (Å²) in [4.78, 5) is 30.4. The second-order valence-corrected chi connectivity index (χ2v) is 8.66. The number of hydrogen-bond acceptors (Lipinski definition) is 3. The van der Waals surface area contributed by atoms with Crippen molar-refractivity contribution in [3.8, 4) is 0 Å². The number of carbonyl (C=O) groups excluding carboxylic acids is 2. The van der Waals surface area contributed by atoms with E-state index in [2.05, 4.69) is 5.32 Å². The topological polar surface area (TPSA) is 55.9 Å². The molecule has 166 valence electrons. The molecule has 0 saturated carbocycles. The van der Waals surface area contributed by atoms with Crippen LogP contribution in [0.3, 0.4) is 0 Å². The SMILES string of the molecule is CC(C)C(=O)N1CCC(N(C)C(=O)NC2CCN(c3cc(F)cc(F)c3)CC2)CC1. The number of nitrogens with one attached hydrogen (secondary N) is 1. The lowest BCUT2D eigenvalue weighted by molar-refractivity contribution is -0.135. The highest BCUT2D eigenvalue weighted by molar-refractivity contribution is 5.78. The van der Waals surface area contributed by atoms with E-state index in [1.807, 2.05) is 30.7 Å². The first kappa shape index (κ1) is 22.3. The molecule has 30 heavy (non-hydrogen) atoms. The van der Waals surface area contributed by atoms with Crippen LogP contribution < -0.4 is 10.2 Å². The minimum atomic E-state index is -0.580. The lowest BCUT2D eigenvalue weighted by Crippen LogP contribution is -2.53. The fourth-order valence-electron chi connectivity index (χ4n) is 4.28. The molecule has 0 unspecified atom stereocenters. The molecule has 0 aliphatic carbocycles. The summed E-state index contributed by atoms with van der Waals surface area (Å²) in [6.07, 6.45) is 3.01. The van der Waals surface area contributed by atoms with Gasteiger partial charge in [0.1, 0.15) is 11.6 Å². The van der Waals surface area contributed by atoms with E-state index in [0.717, 1.165) is 31.7 Å². The van der Waals surface area contributed by atoms with Crippen LogP contribution in [0.25, 0.3) is 0 Å². The number of hydrogen-bond donors (Lipinski definition) is 1. The number of halogens is 2. The molecular formula is C22H32F2N4O2. The van der Waals surface area contributed by atoms with Gasteiger partial charge in [0, 0.05) is 63.0 Å². The monoisotopic (exact) mass is 422 g/mol. The lowest BCUT2D eigenvalue weighted by Gasteiger charge is -2.39. The predicted octanol–water partition coefficient (Wildman–Crippen LogP) is 3.22. The standard InChI is InChI=1S/C22H32F2N4O2/c1-15(2)21(29)28-10-6-19(7-11-28)26(3)22(30)25-18-4-8-27(9-5-18)20-13-16(23)12-17(24)14-20/h12-15,18-19H,4-11H2,1-3H3,(H,25,30). The summed E-state index contributed by atoms with van der Waals surface area (Å²) in [5.41, 5.74) is 0.539. The van der Waals surface area contributed by atoms with Crippen LogP contribution in [0.15, 0.2) is 18.2 Å². The van der Waals surface area contributed by atoms with Crippen molar-refractivity contribution >= 4 is 17.6 Å². The van der Waals surface area contributed by atoms with Gasteiger partial charge in [0.05, 0.1) is 0 Å². The van der Waals surface area contributed by atoms with E-state index in [1.165, 1.54) is 12.1 Å². The van der Waals surface area contributed by atoms with E-state index < -0.39 is 11.6 Å². The molecule has 1 N–H and O–H groups in total. The zero-order chi connectivity index (χ0) is 21.8. The quantitative estimate of drug-likeness (QED) is 0.811. The van der Waals surface area contributed by atoms with Gasteiger partial charge in [0.2, 0.25) is 5.91 Å². The van der Waals surface area contributed by atoms with Crippen LogP contribution in [0.4, 0.5) is 19.3 Å². The van der Waals surface area contributed by atoms with Crippen molar-refractivity contribution in [3.63, 3.8) is 0 Å². The van der Waals surface area contributed by atoms with Gasteiger partial charge in [-0.1, -0.05) is 13.8 Å². The highest BCUT2D eigenvalue weighted by Gasteiger charge is 2.30. The van der Waals surface area contributed by atoms with Crippen LogP contribution in [0, 0.1) is 17.6 Å². The maximum absolute atomic E-state index is 13.5. The molecule has 1 aromatic rings. The molecule has 2 saturated heterocycles. The molecule has 2 aliphatic heterocycles. The Morgan fingerprint density at radius 1 is 1.00 bits per heavy atom. The largest absolute Gasteiger partial charge is 0.371 e. The van der Waals surface area contributed by atoms with Crippen LogP contribution in [0.1, 0.15) is 39.5 Å². The van der Waals surface area contributed by atoms with Crippen LogP contribution in [-0.2, 0) is 4.79 Å². The summed E-state index contributed by atoms with van der Waals surface area (Å²) < 4.78 is 26.9. The first-order valence-corrected chi connectivity index (χ1v) is 10.8. The molecule has 0 bridgehead atoms. The molecule has 3 amide bonds. The maximum Gasteiger partial charge on any atom is 0.317 e. The van der Waals surface area contributed by atoms with Crippen molar-refractivity contribution in [2.24, 2.45) is 5.92 Å². The number of carbonyl (C=O) groups is 2. The number of urea groups is 1. The third kappa shape index (κ3) is 5.40. The first-order chi connectivity index (χ1) is 14.2. The van der Waals surface area contributed by atoms with Crippen LogP contribution >= 0.6 is 0 Å². The van der Waals surface area contributed by atoms with Gasteiger partial charge in [-0.05, 0) is 37.8 Å². The molecule has 2 heterocycles. The number of likely N-dealkylation sites (tertiary alicyclic amines) is 1. The Balaban J connectivity index is 1.45. The molecule has 0 aromatic heterocycles. The zero-order valence-corrected chi connectivity index (χ0v) is 18.0. The van der Waals surface area contributed by atoms with Crippen molar-refractivity contribution in [1.29, 1.82) is 0 Å². The second-order valence-electron chi connectivity index (χ2n) is 8.66. The molecule has 1 aromatic carbocycles. The van der Waals surface area contributed by atoms with Crippen LogP contribution in [-0.4, -0.2) is 67.0 Å². The summed E-state index contributed by atoms with van der Waals surface area (Å²) in [5, 5.41) is 3.09. The molecule has 0 atom stereocenters. The van der Waals surface area contributed by atoms with Crippen molar-refractivity contribution in [3.05, 3.63) is 29.8 Å². The maximum atomic E-state index is 13.5. The Kier molecular flexibility index (Phi) is 7.15. The minimum absolute atomic E-state index is 0.00248. The minimum Gasteiger partial charge on any atom is -0.371 e. The number of amides is 3. The Labute approximate surface area is 177 Å². The van der Waals surface area contributed by atoms with E-state index in [0.29, 0.717) is 31.9 Å². The molecule has 0 radical (unpaired) electrons. The van der Waals surface area contributed by atoms with Crippen molar-refractivity contribution in [2.75, 3.05) is 38.1 Å². The predicted molar refractivity (Wildman–Crippen MR) is 112 cm³/mol. The van der Waals surface area contributed by atoms with Gasteiger partial charge in [-0.2, -0.15) is 0 Å². The van der Waals surface area contributed by atoms with Crippen LogP contribution in [0.2, 0.25) is 0 Å². The molecule has 2 fully saturated rings. The van der Waals surface area contributed by atoms with Gasteiger partial charge in [-0.25, -0.2) is 13.6 Å². The van der Waals surface area contributed by atoms with Gasteiger partial charge in [0.15, 0.2) is 0 Å². The van der Waals surface area contributed by atoms with Crippen molar-refractivity contribution in [1.82, 2.24) is 15.1 Å². The van der Waals surface area contributed by atoms with E-state index in [1.54, 1.807) is 4.90 Å². The summed E-state index contributed by atoms with van der Waals surface area (Å²) in [7, 11) is 1.81. The van der Waals surface area contributed by atoms with Gasteiger partial charge in [-0.15, -0.1) is 0 Å². The Morgan fingerprint density at radius 3 is 2.10 bits per heavy atom. The Bertz CT molecular complexity index is 737. The number of nitrogens with zero attached hydrogens (tertiary/aromatic N) is 3. The molecule has 8 heteroatoms. The van der Waals surface area contributed by atoms with Gasteiger partial charge >= 0.3 is 6.03 Å². The molecule has 2 aliphatic rings. The van der Waals surface area contributed by atoms with Gasteiger partial charge in [0.25, 0.3) is 0 Å². The van der Waals surface area contributed by atoms with Crippen LogP contribution in [0.5, 0.6) is 0 Å². The first-order valence-electron chi connectivity index (χ1n) is 10.8. The summed E-state index contributed by atoms with van der Waals surface area (Å²) in [6, 6.07) is 3.61. The number of anilines is 1. The van der Waals surface area contributed by atoms with E-state index >= 15 is 0 Å². The average Bonchev–Trinajstić information content (AvgIpc) is 2.72. The van der Waals surface area contributed by atoms with E-state index in [4.69, 9.17) is 0 Å². The van der Waals surface area contributed by atoms with Gasteiger partial charge < -0.3 is 20.0 Å². The summed E-state index contributed by atoms with van der Waals surface area (Å²) in [5.74, 6) is -0.991. The summed E-state index contributed by atoms with van der Waals surface area (Å²) >= 11 is 0. The fourth-order valence-corrected chi connectivity index (χ4v) is 4.28. The molecule has 0 spiro atoms. The fraction of sp³-hybridized carbons (Fsp3) is 0.636. The average molecular weight is 423 g/mol. The molecule has 6 nitrogen and oxygen atoms in total. The normalized spacial score (nSPS) is 18.6. The third-order valence-corrected chi connectivity index (χ3v) is 6.17. The zero-order valence-electron chi connectivity index (χ0n) is 18.0. The highest BCUT2D eigenvalue weighted by Crippen LogP contribution is 2.23. The highest BCUT2D eigenvalue weighted by atomic mass is 19.1. The number of benzene rings is 1. The lowest BCUT2D eigenvalue weighted by atomic mass is 10.0. The Hall–Kier alpha value is -2.38. The number of rotatable bonds is 4. The van der Waals surface area contributed by atoms with Gasteiger partial charge in [-0.3, -0.25) is 4.79 Å². The third-order valence-electron chi connectivity index (χ3n) is 6.17. The second kappa shape index (κ2) is 9.62. The smallest absolute Gasteiger partial charge is 0.317 e.